The molecule has 0 aliphatic rings. The molecule has 4 heteroatoms. The summed E-state index contributed by atoms with van der Waals surface area (Å²) in [5.74, 6) is -0.237. The van der Waals surface area contributed by atoms with E-state index in [1.807, 2.05) is 73.7 Å². The van der Waals surface area contributed by atoms with Gasteiger partial charge in [-0.2, -0.15) is 0 Å². The molecule has 4 nitrogen and oxygen atoms in total. The maximum Gasteiger partial charge on any atom is 0.252 e. The highest BCUT2D eigenvalue weighted by Crippen LogP contribution is 2.21. The summed E-state index contributed by atoms with van der Waals surface area (Å²) < 4.78 is 0. The maximum atomic E-state index is 12.7. The Hall–Kier alpha value is -3.14. The summed E-state index contributed by atoms with van der Waals surface area (Å²) in [5.41, 5.74) is 2.30. The lowest BCUT2D eigenvalue weighted by Crippen LogP contribution is -2.26. The molecule has 2 amide bonds. The number of nitrogens with one attached hydrogen (secondary N) is 2. The molecule has 0 bridgehead atoms. The van der Waals surface area contributed by atoms with Crippen LogP contribution in [0.1, 0.15) is 35.8 Å². The highest BCUT2D eigenvalue weighted by atomic mass is 16.2. The van der Waals surface area contributed by atoms with Gasteiger partial charge >= 0.3 is 0 Å². The Kier molecular flexibility index (Phi) is 4.80. The third-order valence-electron chi connectivity index (χ3n) is 4.09. The van der Waals surface area contributed by atoms with Crippen LogP contribution in [-0.4, -0.2) is 11.8 Å². The van der Waals surface area contributed by atoms with Crippen molar-refractivity contribution in [2.75, 3.05) is 5.32 Å². The van der Waals surface area contributed by atoms with Crippen molar-refractivity contribution in [2.45, 2.75) is 19.9 Å². The molecule has 0 fully saturated rings. The van der Waals surface area contributed by atoms with Gasteiger partial charge in [-0.3, -0.25) is 9.59 Å². The normalized spacial score (nSPS) is 11.8. The standard InChI is InChI=1S/C21H20N2O2/c1-14(17-9-5-10-18(13-17)23-15(2)24)22-21(25)20-12-6-8-16-7-3-4-11-19(16)20/h3-14H,1-2H3,(H,22,25)(H,23,24). The summed E-state index contributed by atoms with van der Waals surface area (Å²) >= 11 is 0. The fourth-order valence-electron chi connectivity index (χ4n) is 2.87. The molecule has 2 N–H and O–H groups in total. The second kappa shape index (κ2) is 7.18. The zero-order valence-electron chi connectivity index (χ0n) is 14.2. The van der Waals surface area contributed by atoms with E-state index < -0.39 is 0 Å². The summed E-state index contributed by atoms with van der Waals surface area (Å²) in [5, 5.41) is 7.76. The van der Waals surface area contributed by atoms with Crippen LogP contribution in [-0.2, 0) is 4.79 Å². The number of hydrogen-bond acceptors (Lipinski definition) is 2. The second-order valence-corrected chi connectivity index (χ2v) is 6.03. The van der Waals surface area contributed by atoms with Crippen LogP contribution in [0, 0.1) is 0 Å². The Labute approximate surface area is 146 Å². The minimum Gasteiger partial charge on any atom is -0.345 e. The number of anilines is 1. The molecule has 1 atom stereocenters. The largest absolute Gasteiger partial charge is 0.345 e. The SMILES string of the molecule is CC(=O)Nc1cccc(C(C)NC(=O)c2cccc3ccccc23)c1. The first-order valence-electron chi connectivity index (χ1n) is 8.21. The van der Waals surface area contributed by atoms with E-state index in [9.17, 15) is 9.59 Å². The van der Waals surface area contributed by atoms with Crippen LogP contribution in [0.4, 0.5) is 5.69 Å². The van der Waals surface area contributed by atoms with Gasteiger partial charge in [0.05, 0.1) is 6.04 Å². The van der Waals surface area contributed by atoms with Crippen molar-refractivity contribution in [3.8, 4) is 0 Å². The predicted octanol–water partition coefficient (Wildman–Crippen LogP) is 4.29. The van der Waals surface area contributed by atoms with E-state index in [1.54, 1.807) is 0 Å². The number of hydrogen-bond donors (Lipinski definition) is 2. The molecule has 0 aliphatic heterocycles. The number of fused-ring (bicyclic) bond motifs is 1. The summed E-state index contributed by atoms with van der Waals surface area (Å²) in [6.45, 7) is 3.40. The molecule has 0 aliphatic carbocycles. The molecule has 1 unspecified atom stereocenters. The number of carbonyl (C=O) groups is 2. The predicted molar refractivity (Wildman–Crippen MR) is 101 cm³/mol. The summed E-state index contributed by atoms with van der Waals surface area (Å²) in [6, 6.07) is 20.8. The summed E-state index contributed by atoms with van der Waals surface area (Å²) in [6.07, 6.45) is 0. The molecule has 3 rings (SSSR count). The zero-order valence-corrected chi connectivity index (χ0v) is 14.2. The van der Waals surface area contributed by atoms with Gasteiger partial charge in [0.2, 0.25) is 5.91 Å². The van der Waals surface area contributed by atoms with E-state index in [-0.39, 0.29) is 17.9 Å². The number of benzene rings is 3. The molecular formula is C21H20N2O2. The monoisotopic (exact) mass is 332 g/mol. The molecule has 0 saturated heterocycles. The third-order valence-corrected chi connectivity index (χ3v) is 4.09. The van der Waals surface area contributed by atoms with Crippen LogP contribution in [0.2, 0.25) is 0 Å². The van der Waals surface area contributed by atoms with Gasteiger partial charge in [-0.1, -0.05) is 48.5 Å². The smallest absolute Gasteiger partial charge is 0.252 e. The first kappa shape index (κ1) is 16.7. The fraction of sp³-hybridized carbons (Fsp3) is 0.143. The van der Waals surface area contributed by atoms with Crippen molar-refractivity contribution in [3.05, 3.63) is 77.9 Å². The maximum absolute atomic E-state index is 12.7. The Morgan fingerprint density at radius 3 is 2.44 bits per heavy atom. The van der Waals surface area contributed by atoms with E-state index in [0.29, 0.717) is 5.56 Å². The molecule has 3 aromatic rings. The van der Waals surface area contributed by atoms with Gasteiger partial charge in [-0.05, 0) is 41.5 Å². The Bertz CT molecular complexity index is 929. The van der Waals surface area contributed by atoms with E-state index in [4.69, 9.17) is 0 Å². The van der Waals surface area contributed by atoms with Crippen molar-refractivity contribution in [2.24, 2.45) is 0 Å². The molecule has 3 aromatic carbocycles. The molecule has 126 valence electrons. The van der Waals surface area contributed by atoms with Gasteiger partial charge < -0.3 is 10.6 Å². The van der Waals surface area contributed by atoms with Gasteiger partial charge in [0.25, 0.3) is 5.91 Å². The first-order chi connectivity index (χ1) is 12.0. The molecule has 0 aromatic heterocycles. The first-order valence-corrected chi connectivity index (χ1v) is 8.21. The average molecular weight is 332 g/mol. The average Bonchev–Trinajstić information content (AvgIpc) is 2.60. The van der Waals surface area contributed by atoms with Crippen LogP contribution in [0.3, 0.4) is 0 Å². The van der Waals surface area contributed by atoms with Gasteiger partial charge in [0, 0.05) is 18.2 Å². The third kappa shape index (κ3) is 3.86. The van der Waals surface area contributed by atoms with Gasteiger partial charge in [-0.15, -0.1) is 0 Å². The van der Waals surface area contributed by atoms with Crippen LogP contribution >= 0.6 is 0 Å². The van der Waals surface area contributed by atoms with Gasteiger partial charge in [-0.25, -0.2) is 0 Å². The molecule has 0 radical (unpaired) electrons. The van der Waals surface area contributed by atoms with Crippen LogP contribution in [0.5, 0.6) is 0 Å². The number of rotatable bonds is 4. The number of carbonyl (C=O) groups excluding carboxylic acids is 2. The van der Waals surface area contributed by atoms with Gasteiger partial charge in [0.15, 0.2) is 0 Å². The Balaban J connectivity index is 1.81. The van der Waals surface area contributed by atoms with Crippen LogP contribution in [0.15, 0.2) is 66.7 Å². The summed E-state index contributed by atoms with van der Waals surface area (Å²) in [7, 11) is 0. The summed E-state index contributed by atoms with van der Waals surface area (Å²) in [4.78, 5) is 23.9. The molecular weight excluding hydrogens is 312 g/mol. The lowest BCUT2D eigenvalue weighted by atomic mass is 10.0. The van der Waals surface area contributed by atoms with Gasteiger partial charge in [0.1, 0.15) is 0 Å². The number of amides is 2. The topological polar surface area (TPSA) is 58.2 Å². The van der Waals surface area contributed by atoms with Crippen molar-refractivity contribution in [3.63, 3.8) is 0 Å². The lowest BCUT2D eigenvalue weighted by Gasteiger charge is -2.16. The highest BCUT2D eigenvalue weighted by molar-refractivity contribution is 6.07. The van der Waals surface area contributed by atoms with Crippen molar-refractivity contribution in [1.29, 1.82) is 0 Å². The molecule has 0 heterocycles. The zero-order chi connectivity index (χ0) is 17.8. The van der Waals surface area contributed by atoms with E-state index in [1.165, 1.54) is 6.92 Å². The minimum absolute atomic E-state index is 0.116. The Morgan fingerprint density at radius 1 is 0.920 bits per heavy atom. The van der Waals surface area contributed by atoms with Crippen molar-refractivity contribution < 1.29 is 9.59 Å². The fourth-order valence-corrected chi connectivity index (χ4v) is 2.87. The minimum atomic E-state index is -0.180. The van der Waals surface area contributed by atoms with Crippen molar-refractivity contribution >= 4 is 28.3 Å². The van der Waals surface area contributed by atoms with E-state index >= 15 is 0 Å². The van der Waals surface area contributed by atoms with Crippen LogP contribution in [0.25, 0.3) is 10.8 Å². The highest BCUT2D eigenvalue weighted by Gasteiger charge is 2.14. The van der Waals surface area contributed by atoms with Crippen LogP contribution < -0.4 is 10.6 Å². The lowest BCUT2D eigenvalue weighted by molar-refractivity contribution is -0.114. The second-order valence-electron chi connectivity index (χ2n) is 6.03. The molecule has 25 heavy (non-hydrogen) atoms. The van der Waals surface area contributed by atoms with E-state index in [2.05, 4.69) is 10.6 Å². The molecule has 0 saturated carbocycles. The van der Waals surface area contributed by atoms with E-state index in [0.717, 1.165) is 22.0 Å². The molecule has 0 spiro atoms. The quantitative estimate of drug-likeness (QED) is 0.749. The van der Waals surface area contributed by atoms with Crippen molar-refractivity contribution in [1.82, 2.24) is 5.32 Å². The Morgan fingerprint density at radius 2 is 1.64 bits per heavy atom.